The van der Waals surface area contributed by atoms with Gasteiger partial charge < -0.3 is 25.2 Å². The van der Waals surface area contributed by atoms with Crippen molar-refractivity contribution in [2.24, 2.45) is 0 Å². The summed E-state index contributed by atoms with van der Waals surface area (Å²) in [4.78, 5) is 55.1. The Morgan fingerprint density at radius 2 is 1.51 bits per heavy atom. The number of aromatic amines is 3. The number of anilines is 2. The number of nitrogens with one attached hydrogen (secondary N) is 4. The average Bonchev–Trinajstić information content (AvgIpc) is 3.67. The van der Waals surface area contributed by atoms with Gasteiger partial charge >= 0.3 is 0 Å². The monoisotopic (exact) mass is 565 g/mol. The number of rotatable bonds is 5. The molecule has 0 saturated carbocycles. The Morgan fingerprint density at radius 1 is 0.854 bits per heavy atom. The molecule has 0 bridgehead atoms. The summed E-state index contributed by atoms with van der Waals surface area (Å²) in [5.41, 5.74) is 6.32. The molecule has 9 nitrogen and oxygen atoms in total. The Labute approximate surface area is 244 Å². The van der Waals surface area contributed by atoms with Gasteiger partial charge in [-0.15, -0.1) is 0 Å². The zero-order valence-corrected chi connectivity index (χ0v) is 22.7. The first kappa shape index (κ1) is 36.6. The van der Waals surface area contributed by atoms with Crippen molar-refractivity contribution in [2.75, 3.05) is 23.8 Å². The predicted molar refractivity (Wildman–Crippen MR) is 171 cm³/mol. The fraction of sp³-hybridized carbons (Fsp3) is 0.375. The van der Waals surface area contributed by atoms with Crippen LogP contribution < -0.4 is 10.2 Å². The number of Topliss-reactive ketones (excluding diaryl/α,β-unsaturated/α-hetero) is 3. The normalized spacial score (nSPS) is 10.8. The summed E-state index contributed by atoms with van der Waals surface area (Å²) >= 11 is 0. The van der Waals surface area contributed by atoms with E-state index in [1.54, 1.807) is 51.9 Å². The maximum atomic E-state index is 11.5. The largest absolute Gasteiger partial charge is 0.375 e. The van der Waals surface area contributed by atoms with Gasteiger partial charge in [-0.3, -0.25) is 19.2 Å². The maximum absolute atomic E-state index is 11.5. The number of nitrogens with zero attached hydrogens (tertiary/aromatic N) is 1. The quantitative estimate of drug-likeness (QED) is 0.190. The highest BCUT2D eigenvalue weighted by atomic mass is 16.2. The number of hydrogen-bond donors (Lipinski definition) is 4. The third kappa shape index (κ3) is 8.79. The van der Waals surface area contributed by atoms with Crippen molar-refractivity contribution < 1.29 is 19.2 Å². The second-order valence-corrected chi connectivity index (χ2v) is 9.12. The molecule has 1 aliphatic rings. The van der Waals surface area contributed by atoms with Crippen LogP contribution in [-0.2, 0) is 17.6 Å². The number of hydrogen-bond acceptors (Lipinski definition) is 5. The van der Waals surface area contributed by atoms with Crippen LogP contribution in [0, 0.1) is 0 Å². The fourth-order valence-electron chi connectivity index (χ4n) is 4.22. The van der Waals surface area contributed by atoms with Gasteiger partial charge in [0, 0.05) is 68.9 Å². The third-order valence-corrected chi connectivity index (χ3v) is 6.42. The van der Waals surface area contributed by atoms with Gasteiger partial charge in [-0.25, -0.2) is 0 Å². The molecule has 0 atom stereocenters. The Bertz CT molecular complexity index is 1420. The molecule has 0 radical (unpaired) electrons. The van der Waals surface area contributed by atoms with Crippen LogP contribution in [0.1, 0.15) is 99.4 Å². The lowest BCUT2D eigenvalue weighted by molar-refractivity contribution is -0.116. The van der Waals surface area contributed by atoms with E-state index in [1.807, 2.05) is 30.5 Å². The zero-order chi connectivity index (χ0) is 28.0. The van der Waals surface area contributed by atoms with Gasteiger partial charge in [0.05, 0.1) is 11.4 Å². The van der Waals surface area contributed by atoms with E-state index in [-0.39, 0.29) is 45.5 Å². The van der Waals surface area contributed by atoms with Crippen molar-refractivity contribution in [3.8, 4) is 0 Å². The molecule has 3 aromatic heterocycles. The van der Waals surface area contributed by atoms with Crippen LogP contribution in [0.15, 0.2) is 42.7 Å². The van der Waals surface area contributed by atoms with Crippen LogP contribution in [0.5, 0.6) is 0 Å². The first-order chi connectivity index (χ1) is 18.0. The number of aromatic nitrogens is 3. The first-order valence-electron chi connectivity index (χ1n) is 12.5. The molecule has 0 spiro atoms. The van der Waals surface area contributed by atoms with E-state index in [4.69, 9.17) is 0 Å². The minimum atomic E-state index is 0. The number of fused-ring (bicyclic) bond motifs is 3. The molecule has 5 rings (SSSR count). The molecule has 1 aromatic carbocycles. The molecule has 224 valence electrons. The Hall–Kier alpha value is -4.40. The molecule has 1 aliphatic heterocycles. The van der Waals surface area contributed by atoms with Crippen molar-refractivity contribution >= 4 is 45.7 Å². The van der Waals surface area contributed by atoms with E-state index >= 15 is 0 Å². The number of H-pyrrole nitrogens is 3. The van der Waals surface area contributed by atoms with Gasteiger partial charge in [-0.1, -0.05) is 29.2 Å². The Kier molecular flexibility index (Phi) is 14.3. The van der Waals surface area contributed by atoms with Crippen LogP contribution in [0.25, 0.3) is 10.9 Å². The maximum Gasteiger partial charge on any atom is 0.223 e. The van der Waals surface area contributed by atoms with Crippen molar-refractivity contribution in [3.63, 3.8) is 0 Å². The first-order valence-corrected chi connectivity index (χ1v) is 12.5. The molecule has 1 amide bonds. The van der Waals surface area contributed by atoms with Gasteiger partial charge in [-0.05, 0) is 61.2 Å². The summed E-state index contributed by atoms with van der Waals surface area (Å²) in [5.74, 6) is 1.14. The highest BCUT2D eigenvalue weighted by Gasteiger charge is 2.24. The number of aryl methyl sites for hydroxylation is 1. The summed E-state index contributed by atoms with van der Waals surface area (Å²) in [6.07, 6.45) is 5.39. The lowest BCUT2D eigenvalue weighted by Crippen LogP contribution is -2.25. The topological polar surface area (TPSA) is 131 Å². The van der Waals surface area contributed by atoms with E-state index in [1.165, 1.54) is 5.56 Å². The van der Waals surface area contributed by atoms with E-state index in [2.05, 4.69) is 27.2 Å². The van der Waals surface area contributed by atoms with Gasteiger partial charge in [0.2, 0.25) is 5.91 Å². The zero-order valence-electron chi connectivity index (χ0n) is 22.7. The summed E-state index contributed by atoms with van der Waals surface area (Å²) in [6, 6.07) is 9.44. The lowest BCUT2D eigenvalue weighted by atomic mass is 10.1. The number of ketones is 3. The molecule has 9 heteroatoms. The third-order valence-electron chi connectivity index (χ3n) is 6.42. The van der Waals surface area contributed by atoms with Gasteiger partial charge in [0.1, 0.15) is 5.82 Å². The van der Waals surface area contributed by atoms with Crippen molar-refractivity contribution in [1.29, 1.82) is 0 Å². The van der Waals surface area contributed by atoms with Crippen LogP contribution >= 0.6 is 0 Å². The fourth-order valence-corrected chi connectivity index (χ4v) is 4.22. The second-order valence-electron chi connectivity index (χ2n) is 9.12. The van der Waals surface area contributed by atoms with Gasteiger partial charge in [0.15, 0.2) is 17.3 Å². The smallest absolute Gasteiger partial charge is 0.223 e. The number of amides is 1. The highest BCUT2D eigenvalue weighted by Crippen LogP contribution is 2.34. The highest BCUT2D eigenvalue weighted by molar-refractivity contribution is 6.03. The number of benzene rings is 1. The minimum Gasteiger partial charge on any atom is -0.375 e. The number of carbonyl (C=O) groups excluding carboxylic acids is 4. The summed E-state index contributed by atoms with van der Waals surface area (Å²) in [7, 11) is 1.80. The number of carbonyl (C=O) groups is 4. The van der Waals surface area contributed by atoms with Crippen molar-refractivity contribution in [2.45, 2.75) is 69.7 Å². The Morgan fingerprint density at radius 3 is 1.95 bits per heavy atom. The summed E-state index contributed by atoms with van der Waals surface area (Å²) in [6.45, 7) is 9.02. The van der Waals surface area contributed by atoms with Crippen LogP contribution in [0.3, 0.4) is 0 Å². The lowest BCUT2D eigenvalue weighted by Gasteiger charge is -2.14. The van der Waals surface area contributed by atoms with Gasteiger partial charge in [-0.2, -0.15) is 0 Å². The van der Waals surface area contributed by atoms with E-state index in [0.717, 1.165) is 47.4 Å². The molecule has 4 heterocycles. The SMILES string of the molecule is C.C.C.CC(=O)c1cc2c3c(ccc2[nH]1)N(C(C)=O)CC3.CCc1c[nH]c(C(C)=O)c1.CNc1cc(C(C)=O)c[nH]1. The van der Waals surface area contributed by atoms with Crippen LogP contribution in [-0.4, -0.2) is 51.8 Å². The summed E-state index contributed by atoms with van der Waals surface area (Å²) in [5, 5.41) is 3.95. The molecule has 0 fully saturated rings. The van der Waals surface area contributed by atoms with E-state index in [0.29, 0.717) is 17.0 Å². The molecule has 4 N–H and O–H groups in total. The van der Waals surface area contributed by atoms with Gasteiger partial charge in [0.25, 0.3) is 0 Å². The second kappa shape index (κ2) is 16.0. The molecular formula is C32H47N5O4. The van der Waals surface area contributed by atoms with E-state index in [9.17, 15) is 19.2 Å². The van der Waals surface area contributed by atoms with Crippen molar-refractivity contribution in [1.82, 2.24) is 15.0 Å². The standard InChI is InChI=1S/C14H14N2O2.C8H11NO.C7H10N2O.3CH4/c1-8(17)13-7-11-10-5-6-16(9(2)18)14(10)4-3-12(11)15-13;1-3-7-4-8(6(2)10)9-5-7;1-5(10)6-3-7(8-2)9-4-6;;;/h3-4,7,15H,5-6H2,1-2H3;4-5,9H,3H2,1-2H3;3-4,8-9H,1-2H3;3*1H4. The minimum absolute atomic E-state index is 0. The average molecular weight is 566 g/mol. The molecule has 41 heavy (non-hydrogen) atoms. The van der Waals surface area contributed by atoms with E-state index < -0.39 is 0 Å². The predicted octanol–water partition coefficient (Wildman–Crippen LogP) is 7.23. The van der Waals surface area contributed by atoms with Crippen LogP contribution in [0.4, 0.5) is 11.5 Å². The summed E-state index contributed by atoms with van der Waals surface area (Å²) < 4.78 is 0. The molecule has 0 saturated heterocycles. The molecular weight excluding hydrogens is 518 g/mol. The van der Waals surface area contributed by atoms with Crippen molar-refractivity contribution in [3.05, 3.63) is 70.8 Å². The molecule has 0 aliphatic carbocycles. The molecule has 4 aromatic rings. The molecule has 0 unspecified atom stereocenters. The Balaban J connectivity index is 0.000000606. The van der Waals surface area contributed by atoms with Crippen LogP contribution in [0.2, 0.25) is 0 Å².